The molecule has 0 spiro atoms. The molecule has 0 saturated carbocycles. The van der Waals surface area contributed by atoms with Crippen LogP contribution in [0.1, 0.15) is 5.56 Å². The molecule has 0 N–H and O–H groups in total. The summed E-state index contributed by atoms with van der Waals surface area (Å²) in [5.74, 6) is -1.54. The van der Waals surface area contributed by atoms with Gasteiger partial charge in [0.25, 0.3) is 0 Å². The Morgan fingerprint density at radius 1 is 1.40 bits per heavy atom. The Balaban J connectivity index is 3.07. The van der Waals surface area contributed by atoms with E-state index in [1.165, 1.54) is 6.07 Å². The topological polar surface area (TPSA) is 12.9 Å². The fourth-order valence-corrected chi connectivity index (χ4v) is 0.959. The third-order valence-corrected chi connectivity index (χ3v) is 1.64. The van der Waals surface area contributed by atoms with Gasteiger partial charge < -0.3 is 0 Å². The lowest BCUT2D eigenvalue weighted by Gasteiger charge is -1.94. The first-order valence-electron chi connectivity index (χ1n) is 2.61. The third-order valence-electron chi connectivity index (χ3n) is 1.04. The molecule has 0 saturated heterocycles. The van der Waals surface area contributed by atoms with Gasteiger partial charge in [-0.05, 0) is 12.1 Å². The van der Waals surface area contributed by atoms with Crippen LogP contribution in [0.4, 0.5) is 8.78 Å². The summed E-state index contributed by atoms with van der Waals surface area (Å²) in [6.45, 7) is 0. The Morgan fingerprint density at radius 2 is 2.10 bits per heavy atom. The summed E-state index contributed by atoms with van der Waals surface area (Å²) in [6, 6.07) is 2.48. The van der Waals surface area contributed by atoms with Crippen molar-refractivity contribution in [2.45, 2.75) is 5.33 Å². The number of nitrogens with zero attached hydrogens (tertiary/aromatic N) is 1. The van der Waals surface area contributed by atoms with Crippen LogP contribution in [-0.2, 0) is 5.33 Å². The van der Waals surface area contributed by atoms with Crippen LogP contribution >= 0.6 is 15.9 Å². The second-order valence-electron chi connectivity index (χ2n) is 1.72. The number of hydrogen-bond acceptors (Lipinski definition) is 1. The Morgan fingerprint density at radius 3 is 2.60 bits per heavy atom. The lowest BCUT2D eigenvalue weighted by molar-refractivity contribution is 0.506. The number of halogens is 3. The first-order chi connectivity index (χ1) is 4.74. The van der Waals surface area contributed by atoms with Crippen molar-refractivity contribution in [1.82, 2.24) is 4.98 Å². The minimum absolute atomic E-state index is 0.353. The standard InChI is InChI=1S/C6H4BrF2N/c7-3-4-1-2-5(8)10-6(4)9/h1-2H,3H2. The highest BCUT2D eigenvalue weighted by Crippen LogP contribution is 2.08. The summed E-state index contributed by atoms with van der Waals surface area (Å²) in [7, 11) is 0. The number of alkyl halides is 1. The lowest BCUT2D eigenvalue weighted by atomic mass is 10.3. The maximum Gasteiger partial charge on any atom is 0.219 e. The maximum atomic E-state index is 12.5. The first kappa shape index (κ1) is 7.60. The predicted molar refractivity (Wildman–Crippen MR) is 36.8 cm³/mol. The molecule has 1 nitrogen and oxygen atoms in total. The van der Waals surface area contributed by atoms with Crippen molar-refractivity contribution in [3.05, 3.63) is 29.6 Å². The normalized spacial score (nSPS) is 9.90. The van der Waals surface area contributed by atoms with Crippen LogP contribution in [-0.4, -0.2) is 4.98 Å². The van der Waals surface area contributed by atoms with Gasteiger partial charge >= 0.3 is 0 Å². The van der Waals surface area contributed by atoms with Crippen molar-refractivity contribution in [3.63, 3.8) is 0 Å². The second-order valence-corrected chi connectivity index (χ2v) is 2.28. The monoisotopic (exact) mass is 207 g/mol. The van der Waals surface area contributed by atoms with Crippen LogP contribution < -0.4 is 0 Å². The van der Waals surface area contributed by atoms with Crippen LogP contribution in [0.5, 0.6) is 0 Å². The van der Waals surface area contributed by atoms with E-state index in [4.69, 9.17) is 0 Å². The van der Waals surface area contributed by atoms with E-state index < -0.39 is 11.9 Å². The second kappa shape index (κ2) is 3.05. The summed E-state index contributed by atoms with van der Waals surface area (Å²) < 4.78 is 24.6. The van der Waals surface area contributed by atoms with E-state index in [-0.39, 0.29) is 0 Å². The van der Waals surface area contributed by atoms with E-state index in [1.807, 2.05) is 0 Å². The van der Waals surface area contributed by atoms with E-state index in [0.29, 0.717) is 10.9 Å². The molecule has 4 heteroatoms. The number of hydrogen-bond donors (Lipinski definition) is 0. The molecule has 0 atom stereocenters. The van der Waals surface area contributed by atoms with Gasteiger partial charge in [0.15, 0.2) is 0 Å². The SMILES string of the molecule is Fc1ccc(CBr)c(F)n1. The predicted octanol–water partition coefficient (Wildman–Crippen LogP) is 2.25. The fraction of sp³-hybridized carbons (Fsp3) is 0.167. The Kier molecular flexibility index (Phi) is 2.32. The van der Waals surface area contributed by atoms with E-state index in [9.17, 15) is 8.78 Å². The van der Waals surface area contributed by atoms with Crippen molar-refractivity contribution in [3.8, 4) is 0 Å². The molecule has 0 aromatic carbocycles. The minimum Gasteiger partial charge on any atom is -0.190 e. The van der Waals surface area contributed by atoms with E-state index in [1.54, 1.807) is 0 Å². The Hall–Kier alpha value is -0.510. The summed E-state index contributed by atoms with van der Waals surface area (Å²) in [5.41, 5.74) is 0.362. The van der Waals surface area contributed by atoms with Gasteiger partial charge in [0, 0.05) is 10.9 Å². The molecule has 1 aromatic rings. The minimum atomic E-state index is -0.790. The fourth-order valence-electron chi connectivity index (χ4n) is 0.541. The highest BCUT2D eigenvalue weighted by atomic mass is 79.9. The number of rotatable bonds is 1. The summed E-state index contributed by atoms with van der Waals surface area (Å²) in [5, 5.41) is 0.353. The van der Waals surface area contributed by atoms with Gasteiger partial charge in [-0.2, -0.15) is 13.8 Å². The van der Waals surface area contributed by atoms with Gasteiger partial charge in [0.05, 0.1) is 0 Å². The molecule has 10 heavy (non-hydrogen) atoms. The van der Waals surface area contributed by atoms with Crippen molar-refractivity contribution < 1.29 is 8.78 Å². The van der Waals surface area contributed by atoms with Crippen LogP contribution in [0.15, 0.2) is 12.1 Å². The molecule has 54 valence electrons. The lowest BCUT2D eigenvalue weighted by Crippen LogP contribution is -1.92. The van der Waals surface area contributed by atoms with Crippen LogP contribution in [0.3, 0.4) is 0 Å². The van der Waals surface area contributed by atoms with Gasteiger partial charge in [-0.15, -0.1) is 0 Å². The molecule has 0 aliphatic rings. The zero-order valence-electron chi connectivity index (χ0n) is 4.94. The highest BCUT2D eigenvalue weighted by Gasteiger charge is 2.01. The molecule has 1 rings (SSSR count). The summed E-state index contributed by atoms with van der Waals surface area (Å²) >= 11 is 3.03. The third kappa shape index (κ3) is 1.50. The number of pyridine rings is 1. The molecule has 0 radical (unpaired) electrons. The van der Waals surface area contributed by atoms with Crippen molar-refractivity contribution in [1.29, 1.82) is 0 Å². The smallest absolute Gasteiger partial charge is 0.190 e. The van der Waals surface area contributed by atoms with E-state index in [0.717, 1.165) is 6.07 Å². The average Bonchev–Trinajstić information content (AvgIpc) is 1.88. The van der Waals surface area contributed by atoms with Crippen molar-refractivity contribution in [2.75, 3.05) is 0 Å². The molecule has 1 aromatic heterocycles. The van der Waals surface area contributed by atoms with E-state index in [2.05, 4.69) is 20.9 Å². The molecule has 0 fully saturated rings. The molecular weight excluding hydrogens is 204 g/mol. The highest BCUT2D eigenvalue weighted by molar-refractivity contribution is 9.08. The van der Waals surface area contributed by atoms with Crippen LogP contribution in [0, 0.1) is 11.9 Å². The molecule has 0 amide bonds. The maximum absolute atomic E-state index is 12.5. The molecule has 1 heterocycles. The summed E-state index contributed by atoms with van der Waals surface area (Å²) in [4.78, 5) is 2.98. The van der Waals surface area contributed by atoms with Gasteiger partial charge in [-0.3, -0.25) is 0 Å². The van der Waals surface area contributed by atoms with Gasteiger partial charge in [0.2, 0.25) is 11.9 Å². The van der Waals surface area contributed by atoms with E-state index >= 15 is 0 Å². The number of aromatic nitrogens is 1. The zero-order chi connectivity index (χ0) is 7.56. The largest absolute Gasteiger partial charge is 0.219 e. The van der Waals surface area contributed by atoms with Crippen LogP contribution in [0.25, 0.3) is 0 Å². The molecule has 0 aliphatic carbocycles. The quantitative estimate of drug-likeness (QED) is 0.509. The Bertz CT molecular complexity index is 239. The van der Waals surface area contributed by atoms with Crippen LogP contribution in [0.2, 0.25) is 0 Å². The van der Waals surface area contributed by atoms with Gasteiger partial charge in [0.1, 0.15) is 0 Å². The van der Waals surface area contributed by atoms with Crippen molar-refractivity contribution in [2.24, 2.45) is 0 Å². The molecule has 0 aliphatic heterocycles. The van der Waals surface area contributed by atoms with Gasteiger partial charge in [-0.1, -0.05) is 15.9 Å². The average molecular weight is 208 g/mol. The first-order valence-corrected chi connectivity index (χ1v) is 3.73. The zero-order valence-corrected chi connectivity index (χ0v) is 6.53. The van der Waals surface area contributed by atoms with Crippen molar-refractivity contribution >= 4 is 15.9 Å². The summed E-state index contributed by atoms with van der Waals surface area (Å²) in [6.07, 6.45) is 0. The van der Waals surface area contributed by atoms with Gasteiger partial charge in [-0.25, -0.2) is 0 Å². The molecular formula is C6H4BrF2N. The molecule has 0 unspecified atom stereocenters. The molecule has 0 bridgehead atoms. The Labute approximate surface area is 65.2 Å².